The maximum absolute atomic E-state index is 12.3. The maximum atomic E-state index is 12.3. The molecule has 2 aromatic carbocycles. The number of amides is 2. The first-order valence-electron chi connectivity index (χ1n) is 8.17. The summed E-state index contributed by atoms with van der Waals surface area (Å²) in [6.45, 7) is 1.83. The average Bonchev–Trinajstić information content (AvgIpc) is 3.02. The normalized spacial score (nSPS) is 10.6. The van der Waals surface area contributed by atoms with Crippen molar-refractivity contribution in [1.29, 1.82) is 0 Å². The highest BCUT2D eigenvalue weighted by molar-refractivity contribution is 9.10. The van der Waals surface area contributed by atoms with Crippen molar-refractivity contribution in [1.82, 2.24) is 10.9 Å². The van der Waals surface area contributed by atoms with Crippen LogP contribution in [0.2, 0.25) is 5.02 Å². The van der Waals surface area contributed by atoms with Gasteiger partial charge in [-0.3, -0.25) is 20.4 Å². The second-order valence-corrected chi connectivity index (χ2v) is 7.94. The minimum absolute atomic E-state index is 0.232. The number of hydrogen-bond donors (Lipinski definition) is 2. The number of halogens is 2. The third-order valence-electron chi connectivity index (χ3n) is 3.82. The van der Waals surface area contributed by atoms with E-state index in [0.29, 0.717) is 15.6 Å². The van der Waals surface area contributed by atoms with E-state index in [1.165, 1.54) is 11.3 Å². The minimum Gasteiger partial charge on any atom is -0.483 e. The molecule has 0 aliphatic rings. The molecule has 2 N–H and O–H groups in total. The number of hydrazine groups is 1. The summed E-state index contributed by atoms with van der Waals surface area (Å²) in [4.78, 5) is 24.6. The van der Waals surface area contributed by atoms with E-state index in [-0.39, 0.29) is 6.61 Å². The van der Waals surface area contributed by atoms with Gasteiger partial charge in [0.15, 0.2) is 6.61 Å². The molecule has 5 nitrogen and oxygen atoms in total. The van der Waals surface area contributed by atoms with Gasteiger partial charge in [-0.2, -0.15) is 0 Å². The summed E-state index contributed by atoms with van der Waals surface area (Å²) in [6, 6.07) is 13.1. The Morgan fingerprint density at radius 3 is 2.67 bits per heavy atom. The molecule has 27 heavy (non-hydrogen) atoms. The molecule has 0 atom stereocenters. The summed E-state index contributed by atoms with van der Waals surface area (Å²) in [5.41, 5.74) is 5.86. The smallest absolute Gasteiger partial charge is 0.281 e. The fourth-order valence-corrected chi connectivity index (χ4v) is 4.36. The standard InChI is InChI=1S/C19H16BrClN2O3S/c1-2-11-7-8-14(13(20)9-11)26-10-16(24)22-23-19(25)18-17(21)12-5-3-4-6-15(12)27-18/h3-9H,2,10H2,1H3,(H,22,24)(H,23,25). The Balaban J connectivity index is 1.55. The number of aryl methyl sites for hydroxylation is 1. The van der Waals surface area contributed by atoms with E-state index >= 15 is 0 Å². The largest absolute Gasteiger partial charge is 0.483 e. The summed E-state index contributed by atoms with van der Waals surface area (Å²) in [5.74, 6) is -0.392. The van der Waals surface area contributed by atoms with Crippen LogP contribution >= 0.6 is 38.9 Å². The summed E-state index contributed by atoms with van der Waals surface area (Å²) >= 11 is 10.9. The number of benzene rings is 2. The Kier molecular flexibility index (Phi) is 6.36. The van der Waals surface area contributed by atoms with Gasteiger partial charge in [0.2, 0.25) is 0 Å². The van der Waals surface area contributed by atoms with E-state index in [9.17, 15) is 9.59 Å². The van der Waals surface area contributed by atoms with Crippen molar-refractivity contribution in [3.8, 4) is 5.75 Å². The van der Waals surface area contributed by atoms with E-state index < -0.39 is 11.8 Å². The molecule has 0 aliphatic carbocycles. The number of carbonyl (C=O) groups is 2. The van der Waals surface area contributed by atoms with Gasteiger partial charge in [-0.25, -0.2) is 0 Å². The van der Waals surface area contributed by atoms with Gasteiger partial charge in [-0.15, -0.1) is 11.3 Å². The van der Waals surface area contributed by atoms with Crippen molar-refractivity contribution in [2.75, 3.05) is 6.61 Å². The zero-order valence-corrected chi connectivity index (χ0v) is 17.5. The molecule has 1 aromatic heterocycles. The van der Waals surface area contributed by atoms with Crippen LogP contribution in [0.5, 0.6) is 5.75 Å². The second kappa shape index (κ2) is 8.73. The van der Waals surface area contributed by atoms with Gasteiger partial charge < -0.3 is 4.74 Å². The number of nitrogens with one attached hydrogen (secondary N) is 2. The number of hydrogen-bond acceptors (Lipinski definition) is 4. The lowest BCUT2D eigenvalue weighted by molar-refractivity contribution is -0.123. The van der Waals surface area contributed by atoms with Gasteiger partial charge in [0, 0.05) is 10.1 Å². The predicted molar refractivity (Wildman–Crippen MR) is 111 cm³/mol. The molecule has 0 unspecified atom stereocenters. The monoisotopic (exact) mass is 466 g/mol. The third-order valence-corrected chi connectivity index (χ3v) is 6.11. The summed E-state index contributed by atoms with van der Waals surface area (Å²) in [7, 11) is 0. The van der Waals surface area contributed by atoms with E-state index in [4.69, 9.17) is 16.3 Å². The van der Waals surface area contributed by atoms with Gasteiger partial charge in [0.05, 0.1) is 9.50 Å². The first-order valence-corrected chi connectivity index (χ1v) is 10.2. The lowest BCUT2D eigenvalue weighted by Gasteiger charge is -2.10. The number of thiophene rings is 1. The maximum Gasteiger partial charge on any atom is 0.281 e. The molecule has 140 valence electrons. The molecule has 8 heteroatoms. The Morgan fingerprint density at radius 2 is 1.96 bits per heavy atom. The Hall–Kier alpha value is -2.09. The highest BCUT2D eigenvalue weighted by Gasteiger charge is 2.17. The second-order valence-electron chi connectivity index (χ2n) is 5.65. The Bertz CT molecular complexity index is 1010. The fraction of sp³-hybridized carbons (Fsp3) is 0.158. The Morgan fingerprint density at radius 1 is 1.19 bits per heavy atom. The molecular weight excluding hydrogens is 452 g/mol. The van der Waals surface area contributed by atoms with Crippen LogP contribution in [0.4, 0.5) is 0 Å². The highest BCUT2D eigenvalue weighted by Crippen LogP contribution is 2.34. The minimum atomic E-state index is -0.480. The molecule has 0 fully saturated rings. The molecule has 3 rings (SSSR count). The first-order chi connectivity index (χ1) is 13.0. The first kappa shape index (κ1) is 19.7. The van der Waals surface area contributed by atoms with Gasteiger partial charge in [-0.1, -0.05) is 42.8 Å². The molecule has 3 aromatic rings. The molecule has 0 aliphatic heterocycles. The fourth-order valence-electron chi connectivity index (χ4n) is 2.40. The topological polar surface area (TPSA) is 67.4 Å². The quantitative estimate of drug-likeness (QED) is 0.534. The SMILES string of the molecule is CCc1ccc(OCC(=O)NNC(=O)c2sc3ccccc3c2Cl)c(Br)c1. The van der Waals surface area contributed by atoms with Crippen LogP contribution in [-0.4, -0.2) is 18.4 Å². The Labute approximate surface area is 173 Å². The zero-order chi connectivity index (χ0) is 19.4. The van der Waals surface area contributed by atoms with Crippen molar-refractivity contribution >= 4 is 60.8 Å². The number of carbonyl (C=O) groups excluding carboxylic acids is 2. The van der Waals surface area contributed by atoms with E-state index in [1.54, 1.807) is 6.07 Å². The zero-order valence-electron chi connectivity index (χ0n) is 14.3. The number of ether oxygens (including phenoxy) is 1. The van der Waals surface area contributed by atoms with Crippen LogP contribution in [0.1, 0.15) is 22.2 Å². The van der Waals surface area contributed by atoms with Crippen LogP contribution < -0.4 is 15.6 Å². The van der Waals surface area contributed by atoms with Crippen LogP contribution in [0.25, 0.3) is 10.1 Å². The molecule has 2 amide bonds. The van der Waals surface area contributed by atoms with Crippen LogP contribution in [0, 0.1) is 0 Å². The van der Waals surface area contributed by atoms with Crippen molar-refractivity contribution in [3.63, 3.8) is 0 Å². The summed E-state index contributed by atoms with van der Waals surface area (Å²) in [5, 5.41) is 1.18. The lowest BCUT2D eigenvalue weighted by Crippen LogP contribution is -2.43. The van der Waals surface area contributed by atoms with Crippen molar-refractivity contribution < 1.29 is 14.3 Å². The molecule has 0 bridgehead atoms. The van der Waals surface area contributed by atoms with Crippen molar-refractivity contribution in [3.05, 3.63) is 62.4 Å². The molecule has 0 saturated heterocycles. The van der Waals surface area contributed by atoms with Crippen LogP contribution in [-0.2, 0) is 11.2 Å². The van der Waals surface area contributed by atoms with E-state index in [0.717, 1.165) is 26.5 Å². The molecule has 0 saturated carbocycles. The molecular formula is C19H16BrClN2O3S. The van der Waals surface area contributed by atoms with E-state index in [1.807, 2.05) is 36.4 Å². The molecule has 0 spiro atoms. The predicted octanol–water partition coefficient (Wildman–Crippen LogP) is 4.72. The third kappa shape index (κ3) is 4.61. The lowest BCUT2D eigenvalue weighted by atomic mass is 10.2. The van der Waals surface area contributed by atoms with Crippen molar-refractivity contribution in [2.45, 2.75) is 13.3 Å². The van der Waals surface area contributed by atoms with Gasteiger partial charge in [0.25, 0.3) is 11.8 Å². The van der Waals surface area contributed by atoms with Gasteiger partial charge >= 0.3 is 0 Å². The number of fused-ring (bicyclic) bond motifs is 1. The van der Waals surface area contributed by atoms with Crippen LogP contribution in [0.3, 0.4) is 0 Å². The summed E-state index contributed by atoms with van der Waals surface area (Å²) in [6.07, 6.45) is 0.908. The van der Waals surface area contributed by atoms with Gasteiger partial charge in [0.1, 0.15) is 10.6 Å². The summed E-state index contributed by atoms with van der Waals surface area (Å²) < 4.78 is 7.15. The highest BCUT2D eigenvalue weighted by atomic mass is 79.9. The van der Waals surface area contributed by atoms with Gasteiger partial charge in [-0.05, 0) is 46.1 Å². The van der Waals surface area contributed by atoms with Crippen LogP contribution in [0.15, 0.2) is 46.9 Å². The molecule has 1 heterocycles. The van der Waals surface area contributed by atoms with E-state index in [2.05, 4.69) is 33.7 Å². The number of rotatable bonds is 5. The van der Waals surface area contributed by atoms with Crippen molar-refractivity contribution in [2.24, 2.45) is 0 Å². The molecule has 0 radical (unpaired) electrons. The average molecular weight is 468 g/mol.